The van der Waals surface area contributed by atoms with E-state index < -0.39 is 5.60 Å². The minimum atomic E-state index is -0.786. The van der Waals surface area contributed by atoms with Crippen LogP contribution in [0.2, 0.25) is 0 Å². The largest absolute Gasteiger partial charge is 0.508 e. The standard InChI is InChI=1S/C19H25IN6O2/c1-11(8-19(2,3)28)23-18-24-16(15-17(25-18)26(4)10-22-15)21-9-12-7-13(20)5-6-14(12)27/h5-7,10-11,27-28H,8-9H2,1-4H3,(H2,21,23,24,25). The van der Waals surface area contributed by atoms with Crippen molar-refractivity contribution in [3.63, 3.8) is 0 Å². The fourth-order valence-electron chi connectivity index (χ4n) is 3.09. The van der Waals surface area contributed by atoms with Crippen molar-refractivity contribution in [1.82, 2.24) is 19.5 Å². The van der Waals surface area contributed by atoms with Crippen molar-refractivity contribution in [3.05, 3.63) is 33.7 Å². The van der Waals surface area contributed by atoms with Crippen LogP contribution in [0.3, 0.4) is 0 Å². The van der Waals surface area contributed by atoms with Crippen LogP contribution in [0.1, 0.15) is 32.8 Å². The van der Waals surface area contributed by atoms with E-state index in [2.05, 4.69) is 48.2 Å². The molecule has 150 valence electrons. The summed E-state index contributed by atoms with van der Waals surface area (Å²) in [5.74, 6) is 1.28. The van der Waals surface area contributed by atoms with Crippen LogP contribution in [0.25, 0.3) is 11.2 Å². The lowest BCUT2D eigenvalue weighted by Gasteiger charge is -2.23. The van der Waals surface area contributed by atoms with E-state index in [1.54, 1.807) is 26.2 Å². The number of anilines is 2. The molecule has 9 heteroatoms. The highest BCUT2D eigenvalue weighted by Crippen LogP contribution is 2.25. The molecule has 1 unspecified atom stereocenters. The number of aromatic hydroxyl groups is 1. The van der Waals surface area contributed by atoms with Crippen molar-refractivity contribution in [2.24, 2.45) is 7.05 Å². The van der Waals surface area contributed by atoms with Gasteiger partial charge in [0.15, 0.2) is 17.0 Å². The van der Waals surface area contributed by atoms with E-state index in [1.807, 2.05) is 30.7 Å². The predicted molar refractivity (Wildman–Crippen MR) is 118 cm³/mol. The van der Waals surface area contributed by atoms with E-state index in [0.717, 1.165) is 9.13 Å². The Morgan fingerprint density at radius 2 is 2.04 bits per heavy atom. The lowest BCUT2D eigenvalue weighted by molar-refractivity contribution is 0.0672. The molecule has 0 fully saturated rings. The normalized spacial score (nSPS) is 12.9. The average Bonchev–Trinajstić information content (AvgIpc) is 2.95. The SMILES string of the molecule is CC(CC(C)(C)O)Nc1nc(NCc2cc(I)ccc2O)c2ncn(C)c2n1. The van der Waals surface area contributed by atoms with Crippen LogP contribution >= 0.6 is 22.6 Å². The summed E-state index contributed by atoms with van der Waals surface area (Å²) in [7, 11) is 1.88. The number of aryl methyl sites for hydroxylation is 1. The summed E-state index contributed by atoms with van der Waals surface area (Å²) >= 11 is 2.21. The molecule has 0 bridgehead atoms. The number of aliphatic hydroxyl groups is 1. The van der Waals surface area contributed by atoms with Crippen molar-refractivity contribution in [2.45, 2.75) is 45.4 Å². The van der Waals surface area contributed by atoms with Gasteiger partial charge in [0, 0.05) is 28.8 Å². The molecular weight excluding hydrogens is 471 g/mol. The third kappa shape index (κ3) is 5.02. The molecule has 28 heavy (non-hydrogen) atoms. The van der Waals surface area contributed by atoms with Crippen molar-refractivity contribution in [1.29, 1.82) is 0 Å². The van der Waals surface area contributed by atoms with Gasteiger partial charge in [-0.2, -0.15) is 9.97 Å². The van der Waals surface area contributed by atoms with E-state index in [-0.39, 0.29) is 11.8 Å². The third-order valence-electron chi connectivity index (χ3n) is 4.23. The first-order valence-electron chi connectivity index (χ1n) is 9.01. The summed E-state index contributed by atoms with van der Waals surface area (Å²) < 4.78 is 2.87. The van der Waals surface area contributed by atoms with Crippen LogP contribution in [-0.2, 0) is 13.6 Å². The van der Waals surface area contributed by atoms with Crippen LogP contribution < -0.4 is 10.6 Å². The molecule has 0 spiro atoms. The Bertz CT molecular complexity index is 982. The molecule has 2 aromatic heterocycles. The molecule has 3 rings (SSSR count). The molecule has 0 saturated carbocycles. The van der Waals surface area contributed by atoms with Gasteiger partial charge in [-0.1, -0.05) is 0 Å². The first-order valence-corrected chi connectivity index (χ1v) is 10.1. The number of nitrogens with one attached hydrogen (secondary N) is 2. The summed E-state index contributed by atoms with van der Waals surface area (Å²) in [5, 5.41) is 26.6. The summed E-state index contributed by atoms with van der Waals surface area (Å²) in [5.41, 5.74) is 1.35. The smallest absolute Gasteiger partial charge is 0.226 e. The number of fused-ring (bicyclic) bond motifs is 1. The Labute approximate surface area is 177 Å². The summed E-state index contributed by atoms with van der Waals surface area (Å²) in [6.45, 7) is 5.93. The Hall–Kier alpha value is -2.14. The monoisotopic (exact) mass is 496 g/mol. The van der Waals surface area contributed by atoms with Crippen molar-refractivity contribution in [3.8, 4) is 5.75 Å². The summed E-state index contributed by atoms with van der Waals surface area (Å²) in [6, 6.07) is 5.44. The van der Waals surface area contributed by atoms with Gasteiger partial charge in [-0.25, -0.2) is 4.98 Å². The van der Waals surface area contributed by atoms with Gasteiger partial charge in [-0.15, -0.1) is 0 Å². The highest BCUT2D eigenvalue weighted by molar-refractivity contribution is 14.1. The Morgan fingerprint density at radius 1 is 1.29 bits per heavy atom. The third-order valence-corrected chi connectivity index (χ3v) is 4.90. The second-order valence-corrected chi connectivity index (χ2v) is 8.86. The number of hydrogen-bond acceptors (Lipinski definition) is 7. The number of rotatable bonds is 7. The van der Waals surface area contributed by atoms with Crippen LogP contribution in [0.15, 0.2) is 24.5 Å². The summed E-state index contributed by atoms with van der Waals surface area (Å²) in [4.78, 5) is 13.5. The van der Waals surface area contributed by atoms with E-state index >= 15 is 0 Å². The van der Waals surface area contributed by atoms with Gasteiger partial charge in [-0.3, -0.25) is 0 Å². The number of benzene rings is 1. The van der Waals surface area contributed by atoms with E-state index in [0.29, 0.717) is 35.9 Å². The van der Waals surface area contributed by atoms with Crippen molar-refractivity contribution in [2.75, 3.05) is 10.6 Å². The molecule has 0 radical (unpaired) electrons. The number of phenols is 1. The molecule has 0 saturated heterocycles. The second-order valence-electron chi connectivity index (χ2n) is 7.61. The fourth-order valence-corrected chi connectivity index (χ4v) is 3.65. The predicted octanol–water partition coefficient (Wildman–Crippen LogP) is 3.25. The van der Waals surface area contributed by atoms with Gasteiger partial charge in [0.2, 0.25) is 5.95 Å². The maximum Gasteiger partial charge on any atom is 0.226 e. The number of hydrogen-bond donors (Lipinski definition) is 4. The van der Waals surface area contributed by atoms with E-state index in [4.69, 9.17) is 0 Å². The van der Waals surface area contributed by atoms with E-state index in [9.17, 15) is 10.2 Å². The molecule has 8 nitrogen and oxygen atoms in total. The molecule has 1 aromatic carbocycles. The molecule has 3 aromatic rings. The number of aromatic nitrogens is 4. The van der Waals surface area contributed by atoms with Crippen LogP contribution in [0, 0.1) is 3.57 Å². The molecular formula is C19H25IN6O2. The maximum atomic E-state index is 10.1. The van der Waals surface area contributed by atoms with Gasteiger partial charge in [-0.05, 0) is 68.0 Å². The zero-order valence-electron chi connectivity index (χ0n) is 16.4. The molecule has 2 heterocycles. The second kappa shape index (κ2) is 8.08. The molecule has 0 amide bonds. The first-order chi connectivity index (χ1) is 13.1. The quantitative estimate of drug-likeness (QED) is 0.372. The molecule has 0 aliphatic rings. The Morgan fingerprint density at radius 3 is 2.75 bits per heavy atom. The lowest BCUT2D eigenvalue weighted by atomic mass is 10.0. The van der Waals surface area contributed by atoms with E-state index in [1.165, 1.54) is 0 Å². The van der Waals surface area contributed by atoms with Gasteiger partial charge in [0.05, 0.1) is 11.9 Å². The fraction of sp³-hybridized carbons (Fsp3) is 0.421. The van der Waals surface area contributed by atoms with Gasteiger partial charge >= 0.3 is 0 Å². The Kier molecular flexibility index (Phi) is 5.94. The molecule has 4 N–H and O–H groups in total. The average molecular weight is 496 g/mol. The van der Waals surface area contributed by atoms with Crippen molar-refractivity contribution >= 4 is 45.5 Å². The van der Waals surface area contributed by atoms with Crippen molar-refractivity contribution < 1.29 is 10.2 Å². The minimum Gasteiger partial charge on any atom is -0.508 e. The van der Waals surface area contributed by atoms with Crippen LogP contribution in [0.5, 0.6) is 5.75 Å². The zero-order chi connectivity index (χ0) is 20.5. The number of halogens is 1. The summed E-state index contributed by atoms with van der Waals surface area (Å²) in [6.07, 6.45) is 2.25. The molecule has 1 atom stereocenters. The highest BCUT2D eigenvalue weighted by Gasteiger charge is 2.19. The number of nitrogens with zero attached hydrogens (tertiary/aromatic N) is 4. The molecule has 0 aliphatic carbocycles. The molecule has 0 aliphatic heterocycles. The minimum absolute atomic E-state index is 0.0155. The first kappa shape index (κ1) is 20.6. The van der Waals surface area contributed by atoms with Gasteiger partial charge in [0.25, 0.3) is 0 Å². The Balaban J connectivity index is 1.87. The van der Waals surface area contributed by atoms with Gasteiger partial charge in [0.1, 0.15) is 5.75 Å². The van der Waals surface area contributed by atoms with Crippen LogP contribution in [-0.4, -0.2) is 41.4 Å². The maximum absolute atomic E-state index is 10.1. The zero-order valence-corrected chi connectivity index (χ0v) is 18.5. The van der Waals surface area contributed by atoms with Gasteiger partial charge < -0.3 is 25.4 Å². The van der Waals surface area contributed by atoms with Crippen LogP contribution in [0.4, 0.5) is 11.8 Å². The lowest BCUT2D eigenvalue weighted by Crippen LogP contribution is -2.29. The highest BCUT2D eigenvalue weighted by atomic mass is 127. The number of phenolic OH excluding ortho intramolecular Hbond substituents is 1. The topological polar surface area (TPSA) is 108 Å². The number of imidazole rings is 1.